The van der Waals surface area contributed by atoms with Gasteiger partial charge >= 0.3 is 12.2 Å². The number of hydrogen-bond donors (Lipinski definition) is 0. The average molecular weight is 675 g/mol. The van der Waals surface area contributed by atoms with Gasteiger partial charge in [-0.05, 0) is 58.4 Å². The van der Waals surface area contributed by atoms with E-state index >= 15 is 4.39 Å². The third-order valence-electron chi connectivity index (χ3n) is 9.75. The van der Waals surface area contributed by atoms with E-state index in [1.807, 2.05) is 50.1 Å². The SMILES string of the molecule is COC(=O)N1CCC[C@@H]1c1cc2c(SC)nc3c(F)c(-c4cccc5scnc45)ncc3c2n1[C@H]1[C@@H]2C[C@H]1N(C(=O)OC(C)(C)C)C2. The summed E-state index contributed by atoms with van der Waals surface area (Å²) in [6.45, 7) is 6.76. The Bertz CT molecular complexity index is 2090. The quantitative estimate of drug-likeness (QED) is 0.178. The topological polar surface area (TPSA) is 103 Å². The minimum Gasteiger partial charge on any atom is -0.453 e. The van der Waals surface area contributed by atoms with E-state index in [0.29, 0.717) is 34.6 Å². The van der Waals surface area contributed by atoms with Crippen LogP contribution in [-0.2, 0) is 9.47 Å². The molecule has 0 spiro atoms. The number of benzene rings is 1. The van der Waals surface area contributed by atoms with Crippen molar-refractivity contribution in [3.63, 3.8) is 0 Å². The van der Waals surface area contributed by atoms with Gasteiger partial charge in [0.05, 0.1) is 46.5 Å². The molecule has 2 amide bonds. The summed E-state index contributed by atoms with van der Waals surface area (Å²) < 4.78 is 31.0. The standard InChI is InChI=1S/C34H35FN6O4S2/c1-34(2,3)45-33(43)40-15-17-12-23(40)29(17)41-22(21-9-7-11-39(21)32(42)44-4)13-19-30(41)20-14-36-27(25(35)28(20)38-31(19)46-5)18-8-6-10-24-26(18)37-16-47-24/h6,8,10,13-14,16-17,21,23,29H,7,9,11-12,15H2,1-5H3/t17-,21-,23-,29+/m1/s1. The smallest absolute Gasteiger partial charge is 0.410 e. The van der Waals surface area contributed by atoms with E-state index in [1.165, 1.54) is 30.2 Å². The van der Waals surface area contributed by atoms with Crippen LogP contribution < -0.4 is 0 Å². The molecule has 0 unspecified atom stereocenters. The van der Waals surface area contributed by atoms with Gasteiger partial charge in [-0.15, -0.1) is 23.1 Å². The number of hydrogen-bond acceptors (Lipinski definition) is 9. The predicted molar refractivity (Wildman–Crippen MR) is 180 cm³/mol. The molecule has 0 N–H and O–H groups in total. The third kappa shape index (κ3) is 4.67. The predicted octanol–water partition coefficient (Wildman–Crippen LogP) is 7.81. The second-order valence-electron chi connectivity index (χ2n) is 13.5. The highest BCUT2D eigenvalue weighted by atomic mass is 32.2. The minimum atomic E-state index is -0.616. The molecular formula is C34H35FN6O4S2. The van der Waals surface area contributed by atoms with Crippen LogP contribution in [0.2, 0.25) is 0 Å². The first-order valence-corrected chi connectivity index (χ1v) is 17.9. The summed E-state index contributed by atoms with van der Waals surface area (Å²) >= 11 is 2.96. The second-order valence-corrected chi connectivity index (χ2v) is 15.2. The second kappa shape index (κ2) is 11.0. The summed E-state index contributed by atoms with van der Waals surface area (Å²) in [5.74, 6) is -0.325. The van der Waals surface area contributed by atoms with Crippen LogP contribution in [0.25, 0.3) is 43.3 Å². The van der Waals surface area contributed by atoms with Gasteiger partial charge in [-0.2, -0.15) is 0 Å². The number of halogens is 1. The molecule has 3 saturated heterocycles. The van der Waals surface area contributed by atoms with E-state index in [2.05, 4.69) is 15.6 Å². The third-order valence-corrected chi connectivity index (χ3v) is 11.2. The number of para-hydroxylation sites is 1. The van der Waals surface area contributed by atoms with Gasteiger partial charge < -0.3 is 18.9 Å². The highest BCUT2D eigenvalue weighted by Crippen LogP contribution is 2.54. The fourth-order valence-electron chi connectivity index (χ4n) is 7.82. The Morgan fingerprint density at radius 3 is 2.70 bits per heavy atom. The van der Waals surface area contributed by atoms with Crippen molar-refractivity contribution in [1.82, 2.24) is 29.3 Å². The number of methoxy groups -OCH3 is 1. The summed E-state index contributed by atoms with van der Waals surface area (Å²) in [7, 11) is 1.40. The molecule has 3 aliphatic heterocycles. The maximum Gasteiger partial charge on any atom is 0.410 e. The van der Waals surface area contributed by atoms with Gasteiger partial charge in [-0.25, -0.2) is 23.9 Å². The Hall–Kier alpha value is -3.97. The molecule has 244 valence electrons. The largest absolute Gasteiger partial charge is 0.453 e. The molecule has 47 heavy (non-hydrogen) atoms. The van der Waals surface area contributed by atoms with Crippen LogP contribution in [0, 0.1) is 11.7 Å². The van der Waals surface area contributed by atoms with Crippen molar-refractivity contribution in [2.24, 2.45) is 5.92 Å². The number of nitrogens with zero attached hydrogens (tertiary/aromatic N) is 6. The van der Waals surface area contributed by atoms with Crippen LogP contribution in [0.1, 0.15) is 57.8 Å². The number of amides is 2. The summed E-state index contributed by atoms with van der Waals surface area (Å²) in [6.07, 6.45) is 5.40. The van der Waals surface area contributed by atoms with E-state index < -0.39 is 11.4 Å². The Labute approximate surface area is 279 Å². The van der Waals surface area contributed by atoms with Gasteiger partial charge in [0.25, 0.3) is 0 Å². The van der Waals surface area contributed by atoms with Crippen LogP contribution in [0.3, 0.4) is 0 Å². The zero-order valence-electron chi connectivity index (χ0n) is 26.8. The molecule has 5 aromatic rings. The molecule has 2 bridgehead atoms. The number of thioether (sulfide) groups is 1. The molecule has 9 rings (SSSR count). The number of fused-ring (bicyclic) bond motifs is 5. The molecule has 0 radical (unpaired) electrons. The molecule has 1 aromatic carbocycles. The fourth-order valence-corrected chi connectivity index (χ4v) is 9.08. The number of pyridine rings is 2. The van der Waals surface area contributed by atoms with Gasteiger partial charge in [0, 0.05) is 47.2 Å². The molecule has 4 aromatic heterocycles. The van der Waals surface area contributed by atoms with Crippen molar-refractivity contribution in [2.45, 2.75) is 68.8 Å². The van der Waals surface area contributed by atoms with Gasteiger partial charge in [-0.1, -0.05) is 12.1 Å². The van der Waals surface area contributed by atoms with Crippen molar-refractivity contribution in [3.05, 3.63) is 47.5 Å². The average Bonchev–Trinajstić information content (AvgIpc) is 3.87. The molecule has 1 saturated carbocycles. The van der Waals surface area contributed by atoms with Crippen LogP contribution in [0.4, 0.5) is 14.0 Å². The number of carbonyl (C=O) groups excluding carboxylic acids is 2. The van der Waals surface area contributed by atoms with Crippen LogP contribution in [0.15, 0.2) is 41.0 Å². The summed E-state index contributed by atoms with van der Waals surface area (Å²) in [5, 5.41) is 2.16. The zero-order chi connectivity index (χ0) is 32.8. The zero-order valence-corrected chi connectivity index (χ0v) is 28.5. The van der Waals surface area contributed by atoms with Gasteiger partial charge in [-0.3, -0.25) is 9.88 Å². The van der Waals surface area contributed by atoms with Gasteiger partial charge in [0.1, 0.15) is 21.8 Å². The van der Waals surface area contributed by atoms with E-state index in [-0.39, 0.29) is 47.4 Å². The Balaban J connectivity index is 1.35. The lowest BCUT2D eigenvalue weighted by atomic mass is 9.79. The molecule has 13 heteroatoms. The van der Waals surface area contributed by atoms with Crippen molar-refractivity contribution in [2.75, 3.05) is 26.5 Å². The van der Waals surface area contributed by atoms with Crippen LogP contribution in [-0.4, -0.2) is 79.6 Å². The fraction of sp³-hybridized carbons (Fsp3) is 0.441. The summed E-state index contributed by atoms with van der Waals surface area (Å²) in [4.78, 5) is 44.0. The Kier molecular flexibility index (Phi) is 7.14. The lowest BCUT2D eigenvalue weighted by Crippen LogP contribution is -2.45. The Morgan fingerprint density at radius 1 is 1.11 bits per heavy atom. The Morgan fingerprint density at radius 2 is 1.94 bits per heavy atom. The van der Waals surface area contributed by atoms with Crippen molar-refractivity contribution < 1.29 is 23.5 Å². The molecule has 10 nitrogen and oxygen atoms in total. The minimum absolute atomic E-state index is 0.0816. The van der Waals surface area contributed by atoms with Gasteiger partial charge in [0.2, 0.25) is 0 Å². The summed E-state index contributed by atoms with van der Waals surface area (Å²) in [5.41, 5.74) is 4.67. The lowest BCUT2D eigenvalue weighted by Gasteiger charge is -2.40. The number of rotatable bonds is 4. The summed E-state index contributed by atoms with van der Waals surface area (Å²) in [6, 6.07) is 7.38. The molecule has 4 fully saturated rings. The van der Waals surface area contributed by atoms with E-state index in [9.17, 15) is 9.59 Å². The first-order valence-electron chi connectivity index (χ1n) is 15.8. The van der Waals surface area contributed by atoms with E-state index in [1.54, 1.807) is 16.6 Å². The normalized spacial score (nSPS) is 22.4. The maximum absolute atomic E-state index is 16.8. The van der Waals surface area contributed by atoms with Crippen LogP contribution in [0.5, 0.6) is 0 Å². The van der Waals surface area contributed by atoms with Gasteiger partial charge in [0.15, 0.2) is 5.82 Å². The molecule has 4 aliphatic rings. The van der Waals surface area contributed by atoms with Crippen molar-refractivity contribution >= 4 is 67.3 Å². The monoisotopic (exact) mass is 674 g/mol. The first-order chi connectivity index (χ1) is 22.6. The molecule has 7 heterocycles. The molecular weight excluding hydrogens is 640 g/mol. The van der Waals surface area contributed by atoms with E-state index in [0.717, 1.165) is 40.6 Å². The first kappa shape index (κ1) is 30.4. The number of likely N-dealkylation sites (tertiary alicyclic amines) is 1. The highest BCUT2D eigenvalue weighted by Gasteiger charge is 2.57. The van der Waals surface area contributed by atoms with Crippen molar-refractivity contribution in [1.29, 1.82) is 0 Å². The lowest BCUT2D eigenvalue weighted by molar-refractivity contribution is 0.0208. The molecule has 4 atom stereocenters. The van der Waals surface area contributed by atoms with E-state index in [4.69, 9.17) is 19.4 Å². The number of aromatic nitrogens is 4. The number of thiazole rings is 1. The number of carbonyl (C=O) groups is 2. The number of ether oxygens (including phenoxy) is 2. The van der Waals surface area contributed by atoms with Crippen molar-refractivity contribution in [3.8, 4) is 11.3 Å². The molecule has 1 aliphatic carbocycles. The van der Waals surface area contributed by atoms with Crippen LogP contribution >= 0.6 is 23.1 Å². The maximum atomic E-state index is 16.8. The highest BCUT2D eigenvalue weighted by molar-refractivity contribution is 7.98.